The topological polar surface area (TPSA) is 50.9 Å². The van der Waals surface area contributed by atoms with Crippen molar-refractivity contribution in [2.24, 2.45) is 11.8 Å². The molecule has 0 amide bonds. The zero-order valence-corrected chi connectivity index (χ0v) is 11.7. The molecule has 3 nitrogen and oxygen atoms in total. The number of benzene rings is 1. The van der Waals surface area contributed by atoms with Gasteiger partial charge < -0.3 is 5.43 Å². The summed E-state index contributed by atoms with van der Waals surface area (Å²) in [4.78, 5) is 4.71. The SMILES string of the molecule is Cc1cc(Cl)cc2c(NN)cc(CC(C)C)nc12. The third kappa shape index (κ3) is 2.57. The van der Waals surface area contributed by atoms with E-state index in [1.54, 1.807) is 0 Å². The first kappa shape index (κ1) is 13.1. The smallest absolute Gasteiger partial charge is 0.0756 e. The third-order valence-corrected chi connectivity index (χ3v) is 3.11. The second kappa shape index (κ2) is 5.12. The Hall–Kier alpha value is -1.32. The highest BCUT2D eigenvalue weighted by atomic mass is 35.5. The molecule has 3 N–H and O–H groups in total. The van der Waals surface area contributed by atoms with Crippen molar-refractivity contribution in [3.8, 4) is 0 Å². The summed E-state index contributed by atoms with van der Waals surface area (Å²) < 4.78 is 0. The van der Waals surface area contributed by atoms with Crippen molar-refractivity contribution in [3.63, 3.8) is 0 Å². The maximum Gasteiger partial charge on any atom is 0.0756 e. The largest absolute Gasteiger partial charge is 0.323 e. The molecule has 1 aromatic heterocycles. The molecule has 0 aliphatic rings. The predicted octanol–water partition coefficient (Wildman–Crippen LogP) is 3.68. The molecule has 0 fully saturated rings. The summed E-state index contributed by atoms with van der Waals surface area (Å²) in [7, 11) is 0. The number of nitrogen functional groups attached to an aromatic ring is 1. The van der Waals surface area contributed by atoms with Gasteiger partial charge in [-0.15, -0.1) is 0 Å². The minimum atomic E-state index is 0.563. The highest BCUT2D eigenvalue weighted by molar-refractivity contribution is 6.31. The van der Waals surface area contributed by atoms with E-state index in [0.717, 1.165) is 34.3 Å². The Kier molecular flexibility index (Phi) is 3.73. The Morgan fingerprint density at radius 2 is 2.06 bits per heavy atom. The van der Waals surface area contributed by atoms with Crippen molar-refractivity contribution in [1.29, 1.82) is 0 Å². The van der Waals surface area contributed by atoms with Gasteiger partial charge in [-0.3, -0.25) is 10.8 Å². The van der Waals surface area contributed by atoms with Gasteiger partial charge in [0.2, 0.25) is 0 Å². The van der Waals surface area contributed by atoms with E-state index >= 15 is 0 Å². The third-order valence-electron chi connectivity index (χ3n) is 2.89. The molecule has 1 heterocycles. The molecule has 1 aromatic carbocycles. The van der Waals surface area contributed by atoms with Crippen molar-refractivity contribution in [1.82, 2.24) is 4.98 Å². The molecule has 0 spiro atoms. The highest BCUT2D eigenvalue weighted by Gasteiger charge is 2.09. The minimum Gasteiger partial charge on any atom is -0.323 e. The maximum atomic E-state index is 6.08. The van der Waals surface area contributed by atoms with Crippen LogP contribution < -0.4 is 11.3 Å². The number of halogens is 1. The van der Waals surface area contributed by atoms with Gasteiger partial charge in [0.05, 0.1) is 11.2 Å². The number of aromatic nitrogens is 1. The minimum absolute atomic E-state index is 0.563. The average molecular weight is 264 g/mol. The molecule has 0 bridgehead atoms. The number of pyridine rings is 1. The van der Waals surface area contributed by atoms with Gasteiger partial charge in [-0.25, -0.2) is 0 Å². The lowest BCUT2D eigenvalue weighted by atomic mass is 10.0. The van der Waals surface area contributed by atoms with Crippen LogP contribution >= 0.6 is 11.6 Å². The number of hydrazine groups is 1. The van der Waals surface area contributed by atoms with E-state index in [-0.39, 0.29) is 0 Å². The van der Waals surface area contributed by atoms with Crippen LogP contribution in [-0.2, 0) is 6.42 Å². The summed E-state index contributed by atoms with van der Waals surface area (Å²) in [5, 5.41) is 1.67. The molecule has 0 atom stereocenters. The number of fused-ring (bicyclic) bond motifs is 1. The molecule has 2 rings (SSSR count). The van der Waals surface area contributed by atoms with Gasteiger partial charge in [0.25, 0.3) is 0 Å². The summed E-state index contributed by atoms with van der Waals surface area (Å²) in [6.07, 6.45) is 0.937. The monoisotopic (exact) mass is 263 g/mol. The van der Waals surface area contributed by atoms with E-state index in [4.69, 9.17) is 22.4 Å². The van der Waals surface area contributed by atoms with E-state index < -0.39 is 0 Å². The zero-order valence-electron chi connectivity index (χ0n) is 10.9. The van der Waals surface area contributed by atoms with Crippen molar-refractivity contribution in [2.45, 2.75) is 27.2 Å². The fraction of sp³-hybridized carbons (Fsp3) is 0.357. The summed E-state index contributed by atoms with van der Waals surface area (Å²) in [5.74, 6) is 6.16. The Bertz CT molecular complexity index is 579. The van der Waals surface area contributed by atoms with Crippen LogP contribution in [0.25, 0.3) is 10.9 Å². The van der Waals surface area contributed by atoms with Gasteiger partial charge >= 0.3 is 0 Å². The number of nitrogens with two attached hydrogens (primary N) is 1. The number of nitrogens with zero attached hydrogens (tertiary/aromatic N) is 1. The molecule has 0 aliphatic carbocycles. The molecule has 0 unspecified atom stereocenters. The summed E-state index contributed by atoms with van der Waals surface area (Å²) in [6.45, 7) is 6.37. The van der Waals surface area contributed by atoms with Gasteiger partial charge in [-0.2, -0.15) is 0 Å². The van der Waals surface area contributed by atoms with Gasteiger partial charge in [0, 0.05) is 16.1 Å². The Balaban J connectivity index is 2.67. The number of rotatable bonds is 3. The predicted molar refractivity (Wildman–Crippen MR) is 77.8 cm³/mol. The van der Waals surface area contributed by atoms with E-state index in [0.29, 0.717) is 10.9 Å². The standard InChI is InChI=1S/C14H18ClN3/c1-8(2)4-11-7-13(18-16)12-6-10(15)5-9(3)14(12)17-11/h5-8H,4,16H2,1-3H3,(H,17,18). The molecule has 4 heteroatoms. The molecule has 96 valence electrons. The average Bonchev–Trinajstić information content (AvgIpc) is 2.28. The second-order valence-corrected chi connectivity index (χ2v) is 5.46. The van der Waals surface area contributed by atoms with Crippen LogP contribution in [-0.4, -0.2) is 4.98 Å². The quantitative estimate of drug-likeness (QED) is 0.656. The van der Waals surface area contributed by atoms with Crippen LogP contribution in [0.5, 0.6) is 0 Å². The van der Waals surface area contributed by atoms with Crippen molar-refractivity contribution in [3.05, 3.63) is 34.5 Å². The zero-order chi connectivity index (χ0) is 13.3. The van der Waals surface area contributed by atoms with Gasteiger partial charge in [0.15, 0.2) is 0 Å². The fourth-order valence-corrected chi connectivity index (χ4v) is 2.42. The summed E-state index contributed by atoms with van der Waals surface area (Å²) in [5.41, 5.74) is 6.70. The summed E-state index contributed by atoms with van der Waals surface area (Å²) >= 11 is 6.08. The van der Waals surface area contributed by atoms with Crippen molar-refractivity contribution < 1.29 is 0 Å². The normalized spacial score (nSPS) is 11.2. The van der Waals surface area contributed by atoms with E-state index in [9.17, 15) is 0 Å². The molecule has 0 aliphatic heterocycles. The molecular weight excluding hydrogens is 246 g/mol. The van der Waals surface area contributed by atoms with Crippen molar-refractivity contribution >= 4 is 28.2 Å². The van der Waals surface area contributed by atoms with Gasteiger partial charge in [-0.05, 0) is 43.0 Å². The number of anilines is 1. The highest BCUT2D eigenvalue weighted by Crippen LogP contribution is 2.29. The molecular formula is C14H18ClN3. The first-order valence-electron chi connectivity index (χ1n) is 6.07. The van der Waals surface area contributed by atoms with Gasteiger partial charge in [-0.1, -0.05) is 25.4 Å². The lowest BCUT2D eigenvalue weighted by Gasteiger charge is -2.12. The first-order chi connectivity index (χ1) is 8.51. The fourth-order valence-electron chi connectivity index (χ4n) is 2.15. The Morgan fingerprint density at radius 1 is 1.33 bits per heavy atom. The maximum absolute atomic E-state index is 6.08. The number of aryl methyl sites for hydroxylation is 1. The molecule has 18 heavy (non-hydrogen) atoms. The number of nitrogens with one attached hydrogen (secondary N) is 1. The van der Waals surface area contributed by atoms with Crippen LogP contribution in [0, 0.1) is 12.8 Å². The van der Waals surface area contributed by atoms with Crippen LogP contribution in [0.15, 0.2) is 18.2 Å². The molecule has 0 radical (unpaired) electrons. The van der Waals surface area contributed by atoms with Crippen LogP contribution in [0.2, 0.25) is 5.02 Å². The number of hydrogen-bond donors (Lipinski definition) is 2. The van der Waals surface area contributed by atoms with E-state index in [1.807, 2.05) is 25.1 Å². The molecule has 2 aromatic rings. The lowest BCUT2D eigenvalue weighted by Crippen LogP contribution is -2.09. The van der Waals surface area contributed by atoms with Crippen LogP contribution in [0.4, 0.5) is 5.69 Å². The van der Waals surface area contributed by atoms with Crippen molar-refractivity contribution in [2.75, 3.05) is 5.43 Å². The summed E-state index contributed by atoms with van der Waals surface area (Å²) in [6, 6.07) is 5.82. The van der Waals surface area contributed by atoms with Crippen LogP contribution in [0.1, 0.15) is 25.1 Å². The van der Waals surface area contributed by atoms with Crippen LogP contribution in [0.3, 0.4) is 0 Å². The second-order valence-electron chi connectivity index (χ2n) is 5.02. The van der Waals surface area contributed by atoms with E-state index in [2.05, 4.69) is 19.3 Å². The molecule has 0 saturated carbocycles. The first-order valence-corrected chi connectivity index (χ1v) is 6.45. The molecule has 0 saturated heterocycles. The van der Waals surface area contributed by atoms with Gasteiger partial charge in [0.1, 0.15) is 0 Å². The number of hydrogen-bond acceptors (Lipinski definition) is 3. The lowest BCUT2D eigenvalue weighted by molar-refractivity contribution is 0.637. The van der Waals surface area contributed by atoms with E-state index in [1.165, 1.54) is 0 Å². The Labute approximate surface area is 112 Å². The Morgan fingerprint density at radius 3 is 2.67 bits per heavy atom.